The molecule has 29 heavy (non-hydrogen) atoms. The highest BCUT2D eigenvalue weighted by Gasteiger charge is 2.24. The van der Waals surface area contributed by atoms with Crippen LogP contribution in [-0.4, -0.2) is 27.2 Å². The maximum atomic E-state index is 13.3. The fraction of sp³-hybridized carbons (Fsp3) is 0.182. The predicted molar refractivity (Wildman–Crippen MR) is 112 cm³/mol. The smallest absolute Gasteiger partial charge is 0.269 e. The molecule has 7 heteroatoms. The number of hydrogen-bond donors (Lipinski definition) is 0. The Bertz CT molecular complexity index is 1330. The summed E-state index contributed by atoms with van der Waals surface area (Å²) >= 11 is 0. The van der Waals surface area contributed by atoms with Crippen molar-refractivity contribution in [2.45, 2.75) is 23.7 Å². The average Bonchev–Trinajstić information content (AvgIpc) is 3.47. The van der Waals surface area contributed by atoms with E-state index in [1.165, 1.54) is 3.97 Å². The van der Waals surface area contributed by atoms with Crippen LogP contribution >= 0.6 is 0 Å². The fourth-order valence-electron chi connectivity index (χ4n) is 3.89. The first-order valence-electron chi connectivity index (χ1n) is 9.51. The van der Waals surface area contributed by atoms with E-state index in [2.05, 4.69) is 28.3 Å². The summed E-state index contributed by atoms with van der Waals surface area (Å²) in [7, 11) is -1.92. The molecule has 1 unspecified atom stereocenters. The molecule has 0 amide bonds. The van der Waals surface area contributed by atoms with E-state index in [4.69, 9.17) is 0 Å². The zero-order valence-corrected chi connectivity index (χ0v) is 16.7. The topological polar surface area (TPSA) is 69.8 Å². The lowest BCUT2D eigenvalue weighted by Gasteiger charge is -2.09. The summed E-state index contributed by atoms with van der Waals surface area (Å²) in [5, 5.41) is 5.07. The first-order valence-corrected chi connectivity index (χ1v) is 11.0. The molecule has 0 saturated heterocycles. The Labute approximate surface area is 169 Å². The largest absolute Gasteiger partial charge is 0.275 e. The highest BCUT2D eigenvalue weighted by atomic mass is 32.2. The van der Waals surface area contributed by atoms with E-state index in [9.17, 15) is 8.42 Å². The van der Waals surface area contributed by atoms with E-state index in [-0.39, 0.29) is 4.90 Å². The van der Waals surface area contributed by atoms with Crippen LogP contribution in [0.15, 0.2) is 78.2 Å². The second-order valence-corrected chi connectivity index (χ2v) is 9.13. The predicted octanol–water partition coefficient (Wildman–Crippen LogP) is 4.11. The number of aromatic nitrogens is 4. The van der Waals surface area contributed by atoms with Gasteiger partial charge in [-0.1, -0.05) is 30.4 Å². The first kappa shape index (κ1) is 17.9. The van der Waals surface area contributed by atoms with Gasteiger partial charge in [0.2, 0.25) is 0 Å². The van der Waals surface area contributed by atoms with Crippen LogP contribution in [0.3, 0.4) is 0 Å². The van der Waals surface area contributed by atoms with Gasteiger partial charge in [-0.15, -0.1) is 0 Å². The van der Waals surface area contributed by atoms with Crippen molar-refractivity contribution < 1.29 is 8.42 Å². The van der Waals surface area contributed by atoms with Gasteiger partial charge in [0.15, 0.2) is 5.65 Å². The van der Waals surface area contributed by atoms with E-state index in [1.807, 2.05) is 13.2 Å². The lowest BCUT2D eigenvalue weighted by molar-refractivity contribution is 0.589. The molecule has 146 valence electrons. The average molecular weight is 404 g/mol. The van der Waals surface area contributed by atoms with Crippen LogP contribution < -0.4 is 0 Å². The highest BCUT2D eigenvalue weighted by molar-refractivity contribution is 7.90. The number of pyridine rings is 1. The van der Waals surface area contributed by atoms with Gasteiger partial charge in [-0.2, -0.15) is 5.10 Å². The van der Waals surface area contributed by atoms with E-state index in [1.54, 1.807) is 53.6 Å². The van der Waals surface area contributed by atoms with E-state index in [0.29, 0.717) is 11.6 Å². The van der Waals surface area contributed by atoms with Gasteiger partial charge < -0.3 is 0 Å². The molecular weight excluding hydrogens is 384 g/mol. The van der Waals surface area contributed by atoms with E-state index in [0.717, 1.165) is 34.9 Å². The SMILES string of the molecule is Cn1cc(-c2cn(S(=O)(=O)c3ccccc3)c3ncc(C4C=CCC4)cc23)cn1. The molecule has 1 aliphatic carbocycles. The minimum absolute atomic E-state index is 0.235. The van der Waals surface area contributed by atoms with Crippen molar-refractivity contribution in [2.24, 2.45) is 7.05 Å². The van der Waals surface area contributed by atoms with Gasteiger partial charge in [-0.25, -0.2) is 17.4 Å². The fourth-order valence-corrected chi connectivity index (χ4v) is 5.23. The molecule has 1 aliphatic rings. The van der Waals surface area contributed by atoms with Crippen LogP contribution in [0.1, 0.15) is 24.3 Å². The molecule has 3 heterocycles. The van der Waals surface area contributed by atoms with Crippen LogP contribution in [0.2, 0.25) is 0 Å². The minimum Gasteiger partial charge on any atom is -0.275 e. The third kappa shape index (κ3) is 2.98. The third-order valence-electron chi connectivity index (χ3n) is 5.39. The summed E-state index contributed by atoms with van der Waals surface area (Å²) in [5.74, 6) is 0.322. The molecule has 1 atom stereocenters. The van der Waals surface area contributed by atoms with Crippen LogP contribution in [0.25, 0.3) is 22.2 Å². The van der Waals surface area contributed by atoms with Crippen LogP contribution in [0.4, 0.5) is 0 Å². The normalized spacial score (nSPS) is 16.7. The molecule has 0 fully saturated rings. The summed E-state index contributed by atoms with van der Waals surface area (Å²) in [6.45, 7) is 0. The molecular formula is C22H20N4O2S. The van der Waals surface area contributed by atoms with Gasteiger partial charge in [-0.3, -0.25) is 4.68 Å². The van der Waals surface area contributed by atoms with Gasteiger partial charge in [-0.05, 0) is 36.6 Å². The summed E-state index contributed by atoms with van der Waals surface area (Å²) in [4.78, 5) is 4.83. The van der Waals surface area contributed by atoms with Crippen LogP contribution in [0, 0.1) is 0 Å². The molecule has 0 radical (unpaired) electrons. The molecule has 0 bridgehead atoms. The second-order valence-electron chi connectivity index (χ2n) is 7.31. The zero-order chi connectivity index (χ0) is 20.0. The minimum atomic E-state index is -3.76. The quantitative estimate of drug-likeness (QED) is 0.480. The van der Waals surface area contributed by atoms with Gasteiger partial charge in [0, 0.05) is 48.1 Å². The van der Waals surface area contributed by atoms with Crippen molar-refractivity contribution in [1.29, 1.82) is 0 Å². The van der Waals surface area contributed by atoms with Crippen molar-refractivity contribution in [3.63, 3.8) is 0 Å². The van der Waals surface area contributed by atoms with Crippen molar-refractivity contribution in [1.82, 2.24) is 18.7 Å². The van der Waals surface area contributed by atoms with Gasteiger partial charge >= 0.3 is 0 Å². The maximum Gasteiger partial charge on any atom is 0.269 e. The Morgan fingerprint density at radius 1 is 1.10 bits per heavy atom. The van der Waals surface area contributed by atoms with Crippen molar-refractivity contribution in [2.75, 3.05) is 0 Å². The number of rotatable bonds is 4. The summed E-state index contributed by atoms with van der Waals surface area (Å²) in [6, 6.07) is 10.5. The lowest BCUT2D eigenvalue weighted by Crippen LogP contribution is -2.12. The van der Waals surface area contributed by atoms with E-state index >= 15 is 0 Å². The Morgan fingerprint density at radius 2 is 1.93 bits per heavy atom. The van der Waals surface area contributed by atoms with Gasteiger partial charge in [0.05, 0.1) is 11.1 Å². The van der Waals surface area contributed by atoms with E-state index < -0.39 is 10.0 Å². The summed E-state index contributed by atoms with van der Waals surface area (Å²) < 4.78 is 29.7. The summed E-state index contributed by atoms with van der Waals surface area (Å²) in [5.41, 5.74) is 3.20. The second kappa shape index (κ2) is 6.70. The highest BCUT2D eigenvalue weighted by Crippen LogP contribution is 2.35. The summed E-state index contributed by atoms with van der Waals surface area (Å²) in [6.07, 6.45) is 13.6. The first-order chi connectivity index (χ1) is 14.0. The number of allylic oxidation sites excluding steroid dienone is 2. The Kier molecular flexibility index (Phi) is 4.13. The standard InChI is InChI=1S/C22H20N4O2S/c1-25-14-18(13-24-25)21-15-26(29(27,28)19-9-3-2-4-10-19)22-20(21)11-17(12-23-22)16-7-5-6-8-16/h2-5,7,9-16H,6,8H2,1H3. The monoisotopic (exact) mass is 404 g/mol. The molecule has 0 N–H and O–H groups in total. The molecule has 4 aromatic rings. The number of benzene rings is 1. The maximum absolute atomic E-state index is 13.3. The molecule has 5 rings (SSSR count). The molecule has 0 saturated carbocycles. The van der Waals surface area contributed by atoms with Gasteiger partial charge in [0.1, 0.15) is 0 Å². The van der Waals surface area contributed by atoms with Crippen LogP contribution in [0.5, 0.6) is 0 Å². The van der Waals surface area contributed by atoms with Crippen molar-refractivity contribution in [3.05, 3.63) is 78.9 Å². The number of fused-ring (bicyclic) bond motifs is 1. The molecule has 6 nitrogen and oxygen atoms in total. The van der Waals surface area contributed by atoms with Crippen LogP contribution in [-0.2, 0) is 17.1 Å². The Balaban J connectivity index is 1.76. The number of nitrogens with zero attached hydrogens (tertiary/aromatic N) is 4. The Morgan fingerprint density at radius 3 is 2.62 bits per heavy atom. The zero-order valence-electron chi connectivity index (χ0n) is 15.9. The molecule has 3 aromatic heterocycles. The Hall–Kier alpha value is -3.19. The number of aryl methyl sites for hydroxylation is 1. The van der Waals surface area contributed by atoms with Crippen molar-refractivity contribution in [3.8, 4) is 11.1 Å². The molecule has 0 aliphatic heterocycles. The lowest BCUT2D eigenvalue weighted by atomic mass is 9.98. The molecule has 0 spiro atoms. The molecule has 1 aromatic carbocycles. The third-order valence-corrected chi connectivity index (χ3v) is 7.05. The van der Waals surface area contributed by atoms with Crippen molar-refractivity contribution >= 4 is 21.1 Å². The van der Waals surface area contributed by atoms with Gasteiger partial charge in [0.25, 0.3) is 10.0 Å². The number of hydrogen-bond acceptors (Lipinski definition) is 4.